The van der Waals surface area contributed by atoms with Crippen LogP contribution < -0.4 is 5.32 Å². The summed E-state index contributed by atoms with van der Waals surface area (Å²) < 4.78 is 0. The van der Waals surface area contributed by atoms with Gasteiger partial charge >= 0.3 is 0 Å². The lowest BCUT2D eigenvalue weighted by atomic mass is 9.96. The van der Waals surface area contributed by atoms with Crippen molar-refractivity contribution in [1.29, 1.82) is 0 Å². The third kappa shape index (κ3) is 3.77. The molecule has 1 aliphatic heterocycles. The number of carbonyl (C=O) groups excluding carboxylic acids is 2. The highest BCUT2D eigenvalue weighted by Crippen LogP contribution is 2.17. The Hall–Kier alpha value is -1.47. The topological polar surface area (TPSA) is 82.5 Å². The Morgan fingerprint density at radius 2 is 2.25 bits per heavy atom. The second-order valence-corrected chi connectivity index (χ2v) is 5.91. The summed E-state index contributed by atoms with van der Waals surface area (Å²) >= 11 is 1.32. The van der Waals surface area contributed by atoms with Gasteiger partial charge in [0.1, 0.15) is 11.0 Å². The minimum absolute atomic E-state index is 0.0880. The van der Waals surface area contributed by atoms with E-state index in [-0.39, 0.29) is 11.8 Å². The molecule has 1 unspecified atom stereocenters. The first-order valence-electron chi connectivity index (χ1n) is 6.71. The summed E-state index contributed by atoms with van der Waals surface area (Å²) in [4.78, 5) is 29.6. The fourth-order valence-corrected chi connectivity index (χ4v) is 2.81. The Morgan fingerprint density at radius 3 is 2.80 bits per heavy atom. The van der Waals surface area contributed by atoms with Crippen LogP contribution in [0.15, 0.2) is 11.7 Å². The van der Waals surface area contributed by atoms with Crippen LogP contribution in [0.3, 0.4) is 0 Å². The maximum Gasteiger partial charge on any atom is 0.263 e. The van der Waals surface area contributed by atoms with E-state index in [1.807, 2.05) is 0 Å². The number of thiazole rings is 1. The number of aromatic nitrogens is 1. The zero-order valence-corrected chi connectivity index (χ0v) is 12.2. The highest BCUT2D eigenvalue weighted by Gasteiger charge is 2.25. The number of carbonyl (C=O) groups is 2. The zero-order valence-electron chi connectivity index (χ0n) is 11.4. The summed E-state index contributed by atoms with van der Waals surface area (Å²) in [5.74, 6) is 0.0806. The molecule has 2 amide bonds. The minimum Gasteiger partial charge on any atom is -0.384 e. The first-order chi connectivity index (χ1) is 9.58. The van der Waals surface area contributed by atoms with Crippen LogP contribution in [0, 0.1) is 5.92 Å². The summed E-state index contributed by atoms with van der Waals surface area (Å²) in [6.07, 6.45) is 2.32. The number of nitrogens with one attached hydrogen (secondary N) is 1. The average molecular weight is 297 g/mol. The monoisotopic (exact) mass is 297 g/mol. The molecule has 1 aromatic heterocycles. The standard InChI is InChI=1S/C13H19N3O3S/c1-9(17)13(19)16-4-2-10(3-5-16)6-15-12(18)11-7-14-8-20-11/h7-10,17H,2-6H2,1H3,(H,15,18). The molecule has 0 aliphatic carbocycles. The Bertz CT molecular complexity index is 453. The molecular formula is C13H19N3O3S. The number of likely N-dealkylation sites (tertiary alicyclic amines) is 1. The fraction of sp³-hybridized carbons (Fsp3) is 0.615. The lowest BCUT2D eigenvalue weighted by Gasteiger charge is -2.32. The quantitative estimate of drug-likeness (QED) is 0.847. The second kappa shape index (κ2) is 6.81. The van der Waals surface area contributed by atoms with Gasteiger partial charge in [-0.25, -0.2) is 0 Å². The Morgan fingerprint density at radius 1 is 1.55 bits per heavy atom. The number of aliphatic hydroxyl groups excluding tert-OH is 1. The van der Waals surface area contributed by atoms with Gasteiger partial charge in [-0.05, 0) is 25.7 Å². The second-order valence-electron chi connectivity index (χ2n) is 5.02. The van der Waals surface area contributed by atoms with Crippen molar-refractivity contribution in [3.8, 4) is 0 Å². The van der Waals surface area contributed by atoms with Crippen LogP contribution in [0.5, 0.6) is 0 Å². The first-order valence-corrected chi connectivity index (χ1v) is 7.59. The molecule has 0 saturated carbocycles. The molecule has 7 heteroatoms. The molecule has 0 bridgehead atoms. The maximum atomic E-state index is 11.8. The van der Waals surface area contributed by atoms with Crippen molar-refractivity contribution >= 4 is 23.2 Å². The van der Waals surface area contributed by atoms with E-state index in [4.69, 9.17) is 0 Å². The highest BCUT2D eigenvalue weighted by atomic mass is 32.1. The fourth-order valence-electron chi connectivity index (χ4n) is 2.27. The van der Waals surface area contributed by atoms with E-state index in [1.165, 1.54) is 18.3 Å². The van der Waals surface area contributed by atoms with Crippen LogP contribution in [-0.4, -0.2) is 52.5 Å². The van der Waals surface area contributed by atoms with Gasteiger partial charge in [-0.2, -0.15) is 0 Å². The van der Waals surface area contributed by atoms with Gasteiger partial charge in [-0.1, -0.05) is 0 Å². The molecule has 2 heterocycles. The van der Waals surface area contributed by atoms with E-state index in [1.54, 1.807) is 16.6 Å². The van der Waals surface area contributed by atoms with Gasteiger partial charge in [-0.3, -0.25) is 14.6 Å². The number of aliphatic hydroxyl groups is 1. The normalized spacial score (nSPS) is 17.8. The molecule has 0 radical (unpaired) electrons. The average Bonchev–Trinajstić information content (AvgIpc) is 2.98. The number of piperidine rings is 1. The molecule has 2 rings (SSSR count). The van der Waals surface area contributed by atoms with E-state index < -0.39 is 6.10 Å². The summed E-state index contributed by atoms with van der Waals surface area (Å²) in [5, 5.41) is 12.2. The molecule has 1 saturated heterocycles. The van der Waals surface area contributed by atoms with Gasteiger partial charge in [0, 0.05) is 19.6 Å². The van der Waals surface area contributed by atoms with Crippen LogP contribution in [-0.2, 0) is 4.79 Å². The number of amides is 2. The SMILES string of the molecule is CC(O)C(=O)N1CCC(CNC(=O)c2cncs2)CC1. The molecule has 1 atom stereocenters. The van der Waals surface area contributed by atoms with Gasteiger partial charge in [0.2, 0.25) is 0 Å². The Labute approximate surface area is 121 Å². The minimum atomic E-state index is -0.933. The number of nitrogens with zero attached hydrogens (tertiary/aromatic N) is 2. The summed E-state index contributed by atoms with van der Waals surface area (Å²) in [6, 6.07) is 0. The van der Waals surface area contributed by atoms with Crippen molar-refractivity contribution in [3.05, 3.63) is 16.6 Å². The van der Waals surface area contributed by atoms with E-state index in [2.05, 4.69) is 10.3 Å². The summed E-state index contributed by atoms with van der Waals surface area (Å²) in [7, 11) is 0. The van der Waals surface area contributed by atoms with E-state index in [9.17, 15) is 14.7 Å². The smallest absolute Gasteiger partial charge is 0.263 e. The van der Waals surface area contributed by atoms with Crippen molar-refractivity contribution < 1.29 is 14.7 Å². The van der Waals surface area contributed by atoms with E-state index in [0.29, 0.717) is 30.4 Å². The molecule has 1 aromatic rings. The zero-order chi connectivity index (χ0) is 14.5. The van der Waals surface area contributed by atoms with Gasteiger partial charge in [-0.15, -0.1) is 11.3 Å². The number of hydrogen-bond acceptors (Lipinski definition) is 5. The molecular weight excluding hydrogens is 278 g/mol. The van der Waals surface area contributed by atoms with Crippen LogP contribution in [0.4, 0.5) is 0 Å². The molecule has 0 spiro atoms. The first kappa shape index (κ1) is 14.9. The third-order valence-electron chi connectivity index (χ3n) is 3.49. The molecule has 6 nitrogen and oxygen atoms in total. The van der Waals surface area contributed by atoms with Crippen LogP contribution in [0.2, 0.25) is 0 Å². The number of hydrogen-bond donors (Lipinski definition) is 2. The highest BCUT2D eigenvalue weighted by molar-refractivity contribution is 7.11. The van der Waals surface area contributed by atoms with E-state index >= 15 is 0 Å². The van der Waals surface area contributed by atoms with Gasteiger partial charge < -0.3 is 15.3 Å². The molecule has 20 heavy (non-hydrogen) atoms. The van der Waals surface area contributed by atoms with Crippen molar-refractivity contribution in [2.45, 2.75) is 25.9 Å². The van der Waals surface area contributed by atoms with E-state index in [0.717, 1.165) is 12.8 Å². The van der Waals surface area contributed by atoms with Crippen molar-refractivity contribution in [2.75, 3.05) is 19.6 Å². The van der Waals surface area contributed by atoms with Crippen LogP contribution >= 0.6 is 11.3 Å². The lowest BCUT2D eigenvalue weighted by molar-refractivity contribution is -0.140. The van der Waals surface area contributed by atoms with Crippen LogP contribution in [0.1, 0.15) is 29.4 Å². The van der Waals surface area contributed by atoms with Gasteiger partial charge in [0.25, 0.3) is 11.8 Å². The Kier molecular flexibility index (Phi) is 5.08. The van der Waals surface area contributed by atoms with Crippen molar-refractivity contribution in [3.63, 3.8) is 0 Å². The summed E-state index contributed by atoms with van der Waals surface area (Å²) in [6.45, 7) is 3.40. The molecule has 2 N–H and O–H groups in total. The molecule has 0 aromatic carbocycles. The van der Waals surface area contributed by atoms with Gasteiger partial charge in [0.15, 0.2) is 0 Å². The third-order valence-corrected chi connectivity index (χ3v) is 4.26. The lowest BCUT2D eigenvalue weighted by Crippen LogP contribution is -2.44. The predicted octanol–water partition coefficient (Wildman–Crippen LogP) is 0.492. The molecule has 110 valence electrons. The maximum absolute atomic E-state index is 11.8. The molecule has 1 fully saturated rings. The van der Waals surface area contributed by atoms with Crippen LogP contribution in [0.25, 0.3) is 0 Å². The van der Waals surface area contributed by atoms with Crippen molar-refractivity contribution in [2.24, 2.45) is 5.92 Å². The predicted molar refractivity (Wildman–Crippen MR) is 75.4 cm³/mol. The largest absolute Gasteiger partial charge is 0.384 e. The summed E-state index contributed by atoms with van der Waals surface area (Å²) in [5.41, 5.74) is 1.63. The number of rotatable bonds is 4. The Balaban J connectivity index is 1.72. The van der Waals surface area contributed by atoms with Crippen molar-refractivity contribution in [1.82, 2.24) is 15.2 Å². The molecule has 1 aliphatic rings. The van der Waals surface area contributed by atoms with Gasteiger partial charge in [0.05, 0.1) is 11.7 Å².